The Morgan fingerprint density at radius 3 is 2.67 bits per heavy atom. The average Bonchev–Trinajstić information content (AvgIpc) is 2.79. The molecule has 114 valence electrons. The minimum absolute atomic E-state index is 0.0140. The predicted molar refractivity (Wildman–Crippen MR) is 83.4 cm³/mol. The van der Waals surface area contributed by atoms with E-state index in [9.17, 15) is 4.79 Å². The molecule has 1 aromatic rings. The Morgan fingerprint density at radius 1 is 1.29 bits per heavy atom. The molecule has 2 saturated heterocycles. The second kappa shape index (κ2) is 6.06. The summed E-state index contributed by atoms with van der Waals surface area (Å²) in [6.45, 7) is 6.02. The van der Waals surface area contributed by atoms with Gasteiger partial charge < -0.3 is 10.1 Å². The third-order valence-corrected chi connectivity index (χ3v) is 4.50. The van der Waals surface area contributed by atoms with Crippen LogP contribution in [0.25, 0.3) is 0 Å². The molecule has 2 atom stereocenters. The predicted octanol–water partition coefficient (Wildman–Crippen LogP) is 2.58. The normalized spacial score (nSPS) is 27.6. The lowest BCUT2D eigenvalue weighted by atomic mass is 10.0. The van der Waals surface area contributed by atoms with Gasteiger partial charge in [-0.15, -0.1) is 0 Å². The molecule has 0 bridgehead atoms. The third-order valence-electron chi connectivity index (χ3n) is 4.50. The van der Waals surface area contributed by atoms with Crippen LogP contribution in [0.5, 0.6) is 0 Å². The number of nitrogens with zero attached hydrogens (tertiary/aromatic N) is 1. The van der Waals surface area contributed by atoms with Gasteiger partial charge in [0.05, 0.1) is 0 Å². The first-order chi connectivity index (χ1) is 10.1. The van der Waals surface area contributed by atoms with Crippen molar-refractivity contribution in [2.24, 2.45) is 0 Å². The van der Waals surface area contributed by atoms with Gasteiger partial charge in [0, 0.05) is 31.2 Å². The minimum Gasteiger partial charge on any atom is -0.461 e. The van der Waals surface area contributed by atoms with Gasteiger partial charge in [-0.3, -0.25) is 9.69 Å². The molecule has 4 nitrogen and oxygen atoms in total. The van der Waals surface area contributed by atoms with Crippen molar-refractivity contribution in [1.82, 2.24) is 4.90 Å². The zero-order valence-electron chi connectivity index (χ0n) is 12.8. The highest BCUT2D eigenvalue weighted by atomic mass is 16.6. The van der Waals surface area contributed by atoms with Crippen LogP contribution in [0.1, 0.15) is 31.7 Å². The highest BCUT2D eigenvalue weighted by molar-refractivity contribution is 5.78. The van der Waals surface area contributed by atoms with Crippen molar-refractivity contribution in [1.29, 1.82) is 0 Å². The Balaban J connectivity index is 1.52. The summed E-state index contributed by atoms with van der Waals surface area (Å²) in [5.74, 6) is -0.0346. The van der Waals surface area contributed by atoms with Crippen LogP contribution in [0, 0.1) is 6.92 Å². The quantitative estimate of drug-likeness (QED) is 0.868. The maximum Gasteiger partial charge on any atom is 0.323 e. The fourth-order valence-electron chi connectivity index (χ4n) is 3.36. The molecule has 2 aliphatic rings. The van der Waals surface area contributed by atoms with Crippen LogP contribution in [0.15, 0.2) is 24.3 Å². The zero-order chi connectivity index (χ0) is 14.8. The fourth-order valence-corrected chi connectivity index (χ4v) is 3.36. The summed E-state index contributed by atoms with van der Waals surface area (Å²) in [4.78, 5) is 14.1. The van der Waals surface area contributed by atoms with E-state index in [2.05, 4.69) is 41.4 Å². The second-order valence-corrected chi connectivity index (χ2v) is 6.32. The zero-order valence-corrected chi connectivity index (χ0v) is 12.8. The Hall–Kier alpha value is -1.55. The lowest BCUT2D eigenvalue weighted by Crippen LogP contribution is -2.46. The molecule has 0 spiro atoms. The molecule has 2 unspecified atom stereocenters. The van der Waals surface area contributed by atoms with Gasteiger partial charge in [-0.25, -0.2) is 0 Å². The molecule has 0 saturated carbocycles. The molecule has 2 heterocycles. The maximum atomic E-state index is 11.8. The van der Waals surface area contributed by atoms with Gasteiger partial charge >= 0.3 is 5.97 Å². The van der Waals surface area contributed by atoms with E-state index < -0.39 is 0 Å². The van der Waals surface area contributed by atoms with Crippen LogP contribution < -0.4 is 5.32 Å². The van der Waals surface area contributed by atoms with Crippen molar-refractivity contribution >= 4 is 11.7 Å². The van der Waals surface area contributed by atoms with Gasteiger partial charge in [-0.2, -0.15) is 0 Å². The molecule has 2 fully saturated rings. The summed E-state index contributed by atoms with van der Waals surface area (Å²) in [5, 5.41) is 3.61. The monoisotopic (exact) mass is 288 g/mol. The number of likely N-dealkylation sites (tertiary alicyclic amines) is 1. The summed E-state index contributed by atoms with van der Waals surface area (Å²) in [6.07, 6.45) is 3.07. The standard InChI is InChI=1S/C17H24N2O2/c1-12-4-3-5-15(10-12)18-14-6-8-19(9-7-14)16-11-13(2)21-17(16)20/h3-5,10,13-14,16,18H,6-9,11H2,1-2H3. The van der Waals surface area contributed by atoms with E-state index in [-0.39, 0.29) is 18.1 Å². The fraction of sp³-hybridized carbons (Fsp3) is 0.588. The molecule has 2 aliphatic heterocycles. The maximum absolute atomic E-state index is 11.8. The second-order valence-electron chi connectivity index (χ2n) is 6.32. The van der Waals surface area contributed by atoms with Crippen molar-refractivity contribution in [2.45, 2.75) is 51.3 Å². The van der Waals surface area contributed by atoms with E-state index in [1.807, 2.05) is 6.92 Å². The molecule has 3 rings (SSSR count). The number of hydrogen-bond donors (Lipinski definition) is 1. The molecule has 0 aliphatic carbocycles. The van der Waals surface area contributed by atoms with Crippen molar-refractivity contribution in [2.75, 3.05) is 18.4 Å². The summed E-state index contributed by atoms with van der Waals surface area (Å²) in [5.41, 5.74) is 2.47. The van der Waals surface area contributed by atoms with E-state index in [0.717, 1.165) is 32.4 Å². The number of nitrogens with one attached hydrogen (secondary N) is 1. The molecule has 1 aromatic carbocycles. The number of aryl methyl sites for hydroxylation is 1. The van der Waals surface area contributed by atoms with Crippen LogP contribution in [-0.4, -0.2) is 42.1 Å². The SMILES string of the molecule is Cc1cccc(NC2CCN(C3CC(C)OC3=O)CC2)c1. The largest absolute Gasteiger partial charge is 0.461 e. The summed E-state index contributed by atoms with van der Waals surface area (Å²) >= 11 is 0. The van der Waals surface area contributed by atoms with Gasteiger partial charge in [0.1, 0.15) is 12.1 Å². The number of esters is 1. The topological polar surface area (TPSA) is 41.6 Å². The molecule has 1 N–H and O–H groups in total. The Labute approximate surface area is 126 Å². The van der Waals surface area contributed by atoms with Crippen LogP contribution >= 0.6 is 0 Å². The number of ether oxygens (including phenoxy) is 1. The van der Waals surface area contributed by atoms with Gasteiger partial charge in [0.25, 0.3) is 0 Å². The summed E-state index contributed by atoms with van der Waals surface area (Å²) < 4.78 is 5.27. The number of carbonyl (C=O) groups is 1. The summed E-state index contributed by atoms with van der Waals surface area (Å²) in [6, 6.07) is 8.99. The van der Waals surface area contributed by atoms with E-state index >= 15 is 0 Å². The number of piperidine rings is 1. The molecule has 0 amide bonds. The number of benzene rings is 1. The van der Waals surface area contributed by atoms with Crippen molar-refractivity contribution in [3.8, 4) is 0 Å². The van der Waals surface area contributed by atoms with E-state index in [1.165, 1.54) is 11.3 Å². The number of rotatable bonds is 3. The van der Waals surface area contributed by atoms with E-state index in [1.54, 1.807) is 0 Å². The van der Waals surface area contributed by atoms with Crippen molar-refractivity contribution in [3.05, 3.63) is 29.8 Å². The van der Waals surface area contributed by atoms with Crippen molar-refractivity contribution < 1.29 is 9.53 Å². The van der Waals surface area contributed by atoms with E-state index in [4.69, 9.17) is 4.74 Å². The van der Waals surface area contributed by atoms with Crippen LogP contribution in [0.3, 0.4) is 0 Å². The van der Waals surface area contributed by atoms with Crippen LogP contribution in [0.4, 0.5) is 5.69 Å². The average molecular weight is 288 g/mol. The molecular weight excluding hydrogens is 264 g/mol. The first-order valence-corrected chi connectivity index (χ1v) is 7.89. The van der Waals surface area contributed by atoms with Gasteiger partial charge in [0.2, 0.25) is 0 Å². The van der Waals surface area contributed by atoms with Crippen molar-refractivity contribution in [3.63, 3.8) is 0 Å². The van der Waals surface area contributed by atoms with Gasteiger partial charge in [0.15, 0.2) is 0 Å². The molecule has 4 heteroatoms. The van der Waals surface area contributed by atoms with Crippen LogP contribution in [0.2, 0.25) is 0 Å². The molecule has 0 radical (unpaired) electrons. The first-order valence-electron chi connectivity index (χ1n) is 7.89. The molecular formula is C17H24N2O2. The number of hydrogen-bond acceptors (Lipinski definition) is 4. The first kappa shape index (κ1) is 14.4. The number of cyclic esters (lactones) is 1. The van der Waals surface area contributed by atoms with Gasteiger partial charge in [-0.05, 0) is 44.4 Å². The van der Waals surface area contributed by atoms with Crippen LogP contribution in [-0.2, 0) is 9.53 Å². The molecule has 0 aromatic heterocycles. The lowest BCUT2D eigenvalue weighted by molar-refractivity contribution is -0.145. The molecule has 21 heavy (non-hydrogen) atoms. The lowest BCUT2D eigenvalue weighted by Gasteiger charge is -2.35. The number of carbonyl (C=O) groups excluding carboxylic acids is 1. The highest BCUT2D eigenvalue weighted by Crippen LogP contribution is 2.24. The number of anilines is 1. The highest BCUT2D eigenvalue weighted by Gasteiger charge is 2.37. The summed E-state index contributed by atoms with van der Waals surface area (Å²) in [7, 11) is 0. The Morgan fingerprint density at radius 2 is 2.05 bits per heavy atom. The Kier molecular flexibility index (Phi) is 4.15. The smallest absolute Gasteiger partial charge is 0.323 e. The Bertz CT molecular complexity index is 509. The van der Waals surface area contributed by atoms with Gasteiger partial charge in [-0.1, -0.05) is 12.1 Å². The third kappa shape index (κ3) is 3.38. The van der Waals surface area contributed by atoms with E-state index in [0.29, 0.717) is 6.04 Å². The minimum atomic E-state index is -0.0346.